The second kappa shape index (κ2) is 4.33. The molecule has 1 aromatic heterocycles. The van der Waals surface area contributed by atoms with Crippen LogP contribution in [0.15, 0.2) is 6.07 Å². The zero-order chi connectivity index (χ0) is 10.8. The number of aryl methyl sites for hydroxylation is 2. The fourth-order valence-corrected chi connectivity index (χ4v) is 2.25. The molecule has 15 heavy (non-hydrogen) atoms. The Balaban J connectivity index is 1.95. The molecule has 1 unspecified atom stereocenters. The molecule has 1 aliphatic rings. The van der Waals surface area contributed by atoms with Crippen molar-refractivity contribution in [2.75, 3.05) is 20.1 Å². The van der Waals surface area contributed by atoms with Crippen LogP contribution < -0.4 is 5.32 Å². The maximum absolute atomic E-state index is 4.37. The van der Waals surface area contributed by atoms with Gasteiger partial charge in [-0.1, -0.05) is 0 Å². The summed E-state index contributed by atoms with van der Waals surface area (Å²) in [6, 6.07) is 2.84. The Kier molecular flexibility index (Phi) is 3.07. The van der Waals surface area contributed by atoms with Gasteiger partial charge >= 0.3 is 0 Å². The molecule has 0 amide bonds. The molecule has 2 heterocycles. The highest BCUT2D eigenvalue weighted by Crippen LogP contribution is 2.13. The highest BCUT2D eigenvalue weighted by atomic mass is 15.3. The van der Waals surface area contributed by atoms with Crippen LogP contribution in [-0.4, -0.2) is 40.9 Å². The molecule has 0 radical (unpaired) electrons. The molecule has 0 bridgehead atoms. The predicted molar refractivity (Wildman–Crippen MR) is 60.7 cm³/mol. The standard InChI is InChI=1S/C11H20N4/c1-9-6-11(14(3)13-9)8-15-5-4-10(7-15)12-2/h6,10,12H,4-5,7-8H2,1-3H3. The second-order valence-corrected chi connectivity index (χ2v) is 4.41. The van der Waals surface area contributed by atoms with E-state index in [4.69, 9.17) is 0 Å². The average Bonchev–Trinajstić information content (AvgIpc) is 2.75. The number of likely N-dealkylation sites (tertiary alicyclic amines) is 1. The molecular formula is C11H20N4. The minimum absolute atomic E-state index is 0.666. The summed E-state index contributed by atoms with van der Waals surface area (Å²) in [6.07, 6.45) is 1.26. The summed E-state index contributed by atoms with van der Waals surface area (Å²) in [5, 5.41) is 7.70. The summed E-state index contributed by atoms with van der Waals surface area (Å²) in [5.41, 5.74) is 2.42. The van der Waals surface area contributed by atoms with E-state index in [1.54, 1.807) is 0 Å². The first-order valence-corrected chi connectivity index (χ1v) is 5.58. The van der Waals surface area contributed by atoms with E-state index in [1.165, 1.54) is 18.7 Å². The molecule has 1 saturated heterocycles. The summed E-state index contributed by atoms with van der Waals surface area (Å²) in [6.45, 7) is 5.41. The van der Waals surface area contributed by atoms with Crippen LogP contribution in [0.25, 0.3) is 0 Å². The Bertz CT molecular complexity index is 331. The number of rotatable bonds is 3. The average molecular weight is 208 g/mol. The van der Waals surface area contributed by atoms with Crippen LogP contribution >= 0.6 is 0 Å². The van der Waals surface area contributed by atoms with E-state index in [0.717, 1.165) is 18.8 Å². The van der Waals surface area contributed by atoms with Crippen LogP contribution in [0.5, 0.6) is 0 Å². The molecule has 4 heteroatoms. The van der Waals surface area contributed by atoms with Crippen molar-refractivity contribution in [3.8, 4) is 0 Å². The van der Waals surface area contributed by atoms with Crippen molar-refractivity contribution in [3.63, 3.8) is 0 Å². The van der Waals surface area contributed by atoms with Gasteiger partial charge in [0.2, 0.25) is 0 Å². The molecule has 84 valence electrons. The fourth-order valence-electron chi connectivity index (χ4n) is 2.25. The summed E-state index contributed by atoms with van der Waals surface area (Å²) < 4.78 is 1.99. The largest absolute Gasteiger partial charge is 0.316 e. The maximum atomic E-state index is 4.37. The van der Waals surface area contributed by atoms with Gasteiger partial charge in [-0.25, -0.2) is 0 Å². The highest BCUT2D eigenvalue weighted by molar-refractivity contribution is 5.08. The van der Waals surface area contributed by atoms with Crippen molar-refractivity contribution in [2.24, 2.45) is 7.05 Å². The Labute approximate surface area is 91.3 Å². The van der Waals surface area contributed by atoms with E-state index in [2.05, 4.69) is 21.4 Å². The first kappa shape index (κ1) is 10.6. The van der Waals surface area contributed by atoms with Gasteiger partial charge in [0.05, 0.1) is 11.4 Å². The lowest BCUT2D eigenvalue weighted by Gasteiger charge is -2.15. The van der Waals surface area contributed by atoms with Crippen molar-refractivity contribution in [2.45, 2.75) is 25.9 Å². The van der Waals surface area contributed by atoms with Crippen molar-refractivity contribution in [1.29, 1.82) is 0 Å². The van der Waals surface area contributed by atoms with Crippen molar-refractivity contribution in [1.82, 2.24) is 20.0 Å². The molecule has 1 atom stereocenters. The van der Waals surface area contributed by atoms with Gasteiger partial charge in [0, 0.05) is 32.7 Å². The number of hydrogen-bond donors (Lipinski definition) is 1. The lowest BCUT2D eigenvalue weighted by Crippen LogP contribution is -2.29. The molecule has 4 nitrogen and oxygen atoms in total. The number of aromatic nitrogens is 2. The number of hydrogen-bond acceptors (Lipinski definition) is 3. The molecule has 0 aromatic carbocycles. The summed E-state index contributed by atoms with van der Waals surface area (Å²) in [7, 11) is 4.07. The Morgan fingerprint density at radius 3 is 2.93 bits per heavy atom. The van der Waals surface area contributed by atoms with E-state index < -0.39 is 0 Å². The highest BCUT2D eigenvalue weighted by Gasteiger charge is 2.21. The molecular weight excluding hydrogens is 188 g/mol. The quantitative estimate of drug-likeness (QED) is 0.786. The lowest BCUT2D eigenvalue weighted by atomic mass is 10.3. The summed E-state index contributed by atoms with van der Waals surface area (Å²) >= 11 is 0. The maximum Gasteiger partial charge on any atom is 0.0597 e. The van der Waals surface area contributed by atoms with Crippen LogP contribution in [0.4, 0.5) is 0 Å². The lowest BCUT2D eigenvalue weighted by molar-refractivity contribution is 0.313. The van der Waals surface area contributed by atoms with E-state index in [-0.39, 0.29) is 0 Å². The number of likely N-dealkylation sites (N-methyl/N-ethyl adjacent to an activating group) is 1. The minimum Gasteiger partial charge on any atom is -0.316 e. The molecule has 1 aromatic rings. The molecule has 1 aliphatic heterocycles. The predicted octanol–water partition coefficient (Wildman–Crippen LogP) is 0.522. The van der Waals surface area contributed by atoms with Crippen molar-refractivity contribution >= 4 is 0 Å². The fraction of sp³-hybridized carbons (Fsp3) is 0.727. The zero-order valence-corrected chi connectivity index (χ0v) is 9.82. The van der Waals surface area contributed by atoms with Crippen molar-refractivity contribution < 1.29 is 0 Å². The Morgan fingerprint density at radius 2 is 2.40 bits per heavy atom. The Morgan fingerprint density at radius 1 is 1.60 bits per heavy atom. The van der Waals surface area contributed by atoms with Gasteiger partial charge < -0.3 is 5.32 Å². The van der Waals surface area contributed by atoms with Crippen LogP contribution in [0, 0.1) is 6.92 Å². The molecule has 1 N–H and O–H groups in total. The zero-order valence-electron chi connectivity index (χ0n) is 9.82. The van der Waals surface area contributed by atoms with E-state index in [1.807, 2.05) is 25.7 Å². The number of nitrogens with zero attached hydrogens (tertiary/aromatic N) is 3. The van der Waals surface area contributed by atoms with Crippen LogP contribution in [0.2, 0.25) is 0 Å². The monoisotopic (exact) mass is 208 g/mol. The first-order valence-electron chi connectivity index (χ1n) is 5.58. The van der Waals surface area contributed by atoms with E-state index >= 15 is 0 Å². The van der Waals surface area contributed by atoms with Gasteiger partial charge in [-0.15, -0.1) is 0 Å². The third-order valence-corrected chi connectivity index (χ3v) is 3.17. The normalized spacial score (nSPS) is 22.5. The molecule has 2 rings (SSSR count). The smallest absolute Gasteiger partial charge is 0.0597 e. The first-order chi connectivity index (χ1) is 7.19. The van der Waals surface area contributed by atoms with Gasteiger partial charge in [0.15, 0.2) is 0 Å². The molecule has 1 fully saturated rings. The Hall–Kier alpha value is -0.870. The van der Waals surface area contributed by atoms with Gasteiger partial charge in [0.1, 0.15) is 0 Å². The van der Waals surface area contributed by atoms with Gasteiger partial charge in [-0.3, -0.25) is 9.58 Å². The second-order valence-electron chi connectivity index (χ2n) is 4.41. The molecule has 0 aliphatic carbocycles. The third-order valence-electron chi connectivity index (χ3n) is 3.17. The topological polar surface area (TPSA) is 33.1 Å². The number of nitrogens with one attached hydrogen (secondary N) is 1. The minimum atomic E-state index is 0.666. The SMILES string of the molecule is CNC1CCN(Cc2cc(C)nn2C)C1. The van der Waals surface area contributed by atoms with Crippen LogP contribution in [0.3, 0.4) is 0 Å². The summed E-state index contributed by atoms with van der Waals surface area (Å²) in [4.78, 5) is 2.48. The summed E-state index contributed by atoms with van der Waals surface area (Å²) in [5.74, 6) is 0. The molecule has 0 saturated carbocycles. The van der Waals surface area contributed by atoms with E-state index in [9.17, 15) is 0 Å². The van der Waals surface area contributed by atoms with Crippen molar-refractivity contribution in [3.05, 3.63) is 17.5 Å². The third kappa shape index (κ3) is 2.38. The van der Waals surface area contributed by atoms with Gasteiger partial charge in [0.25, 0.3) is 0 Å². The van der Waals surface area contributed by atoms with E-state index in [0.29, 0.717) is 6.04 Å². The van der Waals surface area contributed by atoms with Crippen LogP contribution in [-0.2, 0) is 13.6 Å². The van der Waals surface area contributed by atoms with Gasteiger partial charge in [-0.05, 0) is 26.5 Å². The van der Waals surface area contributed by atoms with Gasteiger partial charge in [-0.2, -0.15) is 5.10 Å². The van der Waals surface area contributed by atoms with Crippen LogP contribution in [0.1, 0.15) is 17.8 Å². The molecule has 0 spiro atoms.